The van der Waals surface area contributed by atoms with Crippen LogP contribution < -0.4 is 4.74 Å². The third kappa shape index (κ3) is 3.03. The summed E-state index contributed by atoms with van der Waals surface area (Å²) in [5.41, 5.74) is 0.903. The molecule has 0 bridgehead atoms. The molecule has 1 aliphatic rings. The van der Waals surface area contributed by atoms with Gasteiger partial charge in [-0.15, -0.1) is 0 Å². The molecule has 3 rings (SSSR count). The molecule has 3 heterocycles. The van der Waals surface area contributed by atoms with Crippen molar-refractivity contribution in [3.05, 3.63) is 36.4 Å². The van der Waals surface area contributed by atoms with Gasteiger partial charge in [0.2, 0.25) is 10.0 Å². The van der Waals surface area contributed by atoms with Crippen LogP contribution >= 0.6 is 0 Å². The Bertz CT molecular complexity index is 803. The van der Waals surface area contributed by atoms with Crippen LogP contribution in [0.25, 0.3) is 0 Å². The number of hydrogen-bond donors (Lipinski definition) is 0. The van der Waals surface area contributed by atoms with E-state index in [1.165, 1.54) is 6.20 Å². The second-order valence-electron chi connectivity index (χ2n) is 5.76. The van der Waals surface area contributed by atoms with E-state index in [0.717, 1.165) is 25.0 Å². The maximum atomic E-state index is 13.3. The molecule has 1 fully saturated rings. The summed E-state index contributed by atoms with van der Waals surface area (Å²) in [5, 5.41) is 4.19. The third-order valence-electron chi connectivity index (χ3n) is 4.29. The molecule has 0 saturated carbocycles. The minimum absolute atomic E-state index is 0.126. The van der Waals surface area contributed by atoms with Crippen molar-refractivity contribution in [1.82, 2.24) is 19.1 Å². The average Bonchev–Trinajstić information content (AvgIpc) is 3.01. The molecule has 0 radical (unpaired) electrons. The minimum atomic E-state index is -3.70. The monoisotopic (exact) mass is 350 g/mol. The highest BCUT2D eigenvalue weighted by Crippen LogP contribution is 2.37. The summed E-state index contributed by atoms with van der Waals surface area (Å²) < 4.78 is 35.4. The SMILES string of the molecule is CCOc1ccncc1S(=O)(=O)N1CCCCC1c1ccnn1C. The Kier molecular flexibility index (Phi) is 4.86. The Balaban J connectivity index is 2.03. The van der Waals surface area contributed by atoms with Gasteiger partial charge in [-0.2, -0.15) is 9.40 Å². The molecular formula is C16H22N4O3S. The molecule has 0 aliphatic carbocycles. The first-order valence-electron chi connectivity index (χ1n) is 8.12. The van der Waals surface area contributed by atoms with E-state index in [4.69, 9.17) is 4.74 Å². The summed E-state index contributed by atoms with van der Waals surface area (Å²) in [6, 6.07) is 3.26. The second-order valence-corrected chi connectivity index (χ2v) is 7.62. The van der Waals surface area contributed by atoms with Crippen LogP contribution in [-0.2, 0) is 17.1 Å². The number of pyridine rings is 1. The van der Waals surface area contributed by atoms with E-state index in [-0.39, 0.29) is 10.9 Å². The zero-order chi connectivity index (χ0) is 17.2. The van der Waals surface area contributed by atoms with Crippen LogP contribution in [0.1, 0.15) is 37.9 Å². The van der Waals surface area contributed by atoms with Gasteiger partial charge >= 0.3 is 0 Å². The molecule has 1 unspecified atom stereocenters. The molecule has 1 atom stereocenters. The Hall–Kier alpha value is -1.93. The Labute approximate surface area is 142 Å². The Morgan fingerprint density at radius 3 is 2.83 bits per heavy atom. The molecule has 24 heavy (non-hydrogen) atoms. The first kappa shape index (κ1) is 16.9. The van der Waals surface area contributed by atoms with Crippen molar-refractivity contribution in [3.8, 4) is 5.75 Å². The summed E-state index contributed by atoms with van der Waals surface area (Å²) in [6.45, 7) is 2.71. The first-order chi connectivity index (χ1) is 11.6. The van der Waals surface area contributed by atoms with Gasteiger partial charge < -0.3 is 4.74 Å². The quantitative estimate of drug-likeness (QED) is 0.825. The maximum absolute atomic E-state index is 13.3. The topological polar surface area (TPSA) is 77.3 Å². The van der Waals surface area contributed by atoms with E-state index >= 15 is 0 Å². The van der Waals surface area contributed by atoms with E-state index in [9.17, 15) is 8.42 Å². The van der Waals surface area contributed by atoms with Crippen molar-refractivity contribution in [1.29, 1.82) is 0 Å². The Morgan fingerprint density at radius 2 is 2.12 bits per heavy atom. The van der Waals surface area contributed by atoms with Crippen LogP contribution in [-0.4, -0.2) is 40.6 Å². The number of hydrogen-bond acceptors (Lipinski definition) is 5. The molecule has 2 aromatic heterocycles. The number of aromatic nitrogens is 3. The third-order valence-corrected chi connectivity index (χ3v) is 6.20. The van der Waals surface area contributed by atoms with Crippen molar-refractivity contribution < 1.29 is 13.2 Å². The summed E-state index contributed by atoms with van der Waals surface area (Å²) in [4.78, 5) is 4.12. The highest BCUT2D eigenvalue weighted by molar-refractivity contribution is 7.89. The van der Waals surface area contributed by atoms with E-state index < -0.39 is 10.0 Å². The van der Waals surface area contributed by atoms with Gasteiger partial charge in [0, 0.05) is 26.0 Å². The lowest BCUT2D eigenvalue weighted by atomic mass is 10.0. The molecule has 0 spiro atoms. The van der Waals surface area contributed by atoms with Crippen LogP contribution in [0, 0.1) is 0 Å². The van der Waals surface area contributed by atoms with Crippen molar-refractivity contribution in [2.75, 3.05) is 13.2 Å². The van der Waals surface area contributed by atoms with Crippen molar-refractivity contribution in [2.45, 2.75) is 37.1 Å². The normalized spacial score (nSPS) is 19.3. The van der Waals surface area contributed by atoms with Crippen LogP contribution in [0.15, 0.2) is 35.6 Å². The van der Waals surface area contributed by atoms with Gasteiger partial charge in [0.15, 0.2) is 0 Å². The molecular weight excluding hydrogens is 328 g/mol. The van der Waals surface area contributed by atoms with Crippen LogP contribution in [0.5, 0.6) is 5.75 Å². The van der Waals surface area contributed by atoms with Crippen LogP contribution in [0.4, 0.5) is 0 Å². The van der Waals surface area contributed by atoms with Gasteiger partial charge in [0.25, 0.3) is 0 Å². The minimum Gasteiger partial charge on any atom is -0.492 e. The van der Waals surface area contributed by atoms with Gasteiger partial charge in [0.1, 0.15) is 10.6 Å². The van der Waals surface area contributed by atoms with Crippen molar-refractivity contribution in [3.63, 3.8) is 0 Å². The molecule has 0 aromatic carbocycles. The number of aryl methyl sites for hydroxylation is 1. The molecule has 8 heteroatoms. The molecule has 1 aliphatic heterocycles. The zero-order valence-corrected chi connectivity index (χ0v) is 14.7. The average molecular weight is 350 g/mol. The molecule has 2 aromatic rings. The van der Waals surface area contributed by atoms with E-state index in [1.54, 1.807) is 27.4 Å². The van der Waals surface area contributed by atoms with Gasteiger partial charge in [-0.3, -0.25) is 9.67 Å². The standard InChI is InChI=1S/C16H22N4O3S/c1-3-23-15-8-9-17-12-16(15)24(21,22)20-11-5-4-6-14(20)13-7-10-18-19(13)2/h7-10,12,14H,3-6,11H2,1-2H3. The lowest BCUT2D eigenvalue weighted by molar-refractivity contribution is 0.244. The van der Waals surface area contributed by atoms with Crippen LogP contribution in [0.2, 0.25) is 0 Å². The van der Waals surface area contributed by atoms with Crippen molar-refractivity contribution >= 4 is 10.0 Å². The zero-order valence-electron chi connectivity index (χ0n) is 13.9. The molecule has 7 nitrogen and oxygen atoms in total. The highest BCUT2D eigenvalue weighted by Gasteiger charge is 2.37. The smallest absolute Gasteiger partial charge is 0.248 e. The molecule has 1 saturated heterocycles. The fourth-order valence-electron chi connectivity index (χ4n) is 3.16. The fraction of sp³-hybridized carbons (Fsp3) is 0.500. The van der Waals surface area contributed by atoms with E-state index in [2.05, 4.69) is 10.1 Å². The predicted molar refractivity (Wildman–Crippen MR) is 89.1 cm³/mol. The van der Waals surface area contributed by atoms with Gasteiger partial charge in [-0.05, 0) is 31.9 Å². The highest BCUT2D eigenvalue weighted by atomic mass is 32.2. The number of nitrogens with zero attached hydrogens (tertiary/aromatic N) is 4. The number of sulfonamides is 1. The lowest BCUT2D eigenvalue weighted by Gasteiger charge is -2.34. The number of piperidine rings is 1. The van der Waals surface area contributed by atoms with Gasteiger partial charge in [0.05, 0.1) is 24.5 Å². The number of ether oxygens (including phenoxy) is 1. The fourth-order valence-corrected chi connectivity index (χ4v) is 4.91. The summed E-state index contributed by atoms with van der Waals surface area (Å²) >= 11 is 0. The second kappa shape index (κ2) is 6.90. The van der Waals surface area contributed by atoms with Crippen LogP contribution in [0.3, 0.4) is 0 Å². The van der Waals surface area contributed by atoms with E-state index in [0.29, 0.717) is 18.9 Å². The van der Waals surface area contributed by atoms with Gasteiger partial charge in [-0.25, -0.2) is 8.42 Å². The summed E-state index contributed by atoms with van der Waals surface area (Å²) in [5.74, 6) is 0.349. The first-order valence-corrected chi connectivity index (χ1v) is 9.56. The molecule has 0 N–H and O–H groups in total. The predicted octanol–water partition coefficient (Wildman–Crippen LogP) is 2.13. The molecule has 0 amide bonds. The Morgan fingerprint density at radius 1 is 1.29 bits per heavy atom. The molecule has 130 valence electrons. The maximum Gasteiger partial charge on any atom is 0.248 e. The van der Waals surface area contributed by atoms with Gasteiger partial charge in [-0.1, -0.05) is 6.42 Å². The summed E-state index contributed by atoms with van der Waals surface area (Å²) in [6.07, 6.45) is 7.23. The van der Waals surface area contributed by atoms with E-state index in [1.807, 2.05) is 20.0 Å². The number of rotatable bonds is 5. The largest absolute Gasteiger partial charge is 0.492 e. The summed E-state index contributed by atoms with van der Waals surface area (Å²) in [7, 11) is -1.86. The van der Waals surface area contributed by atoms with Crippen molar-refractivity contribution in [2.24, 2.45) is 7.05 Å². The lowest BCUT2D eigenvalue weighted by Crippen LogP contribution is -2.39.